The number of hydrogen-bond acceptors (Lipinski definition) is 3. The molecule has 0 heterocycles. The van der Waals surface area contributed by atoms with Gasteiger partial charge in [0.2, 0.25) is 0 Å². The highest BCUT2D eigenvalue weighted by Crippen LogP contribution is 2.17. The first kappa shape index (κ1) is 19.1. The minimum atomic E-state index is -2.85. The number of benzene rings is 1. The molecule has 1 unspecified atom stereocenters. The van der Waals surface area contributed by atoms with Crippen LogP contribution < -0.4 is 20.3 Å². The first-order valence-electron chi connectivity index (χ1n) is 8.38. The van der Waals surface area contributed by atoms with Gasteiger partial charge in [-0.05, 0) is 37.1 Å². The largest absolute Gasteiger partial charge is 0.435 e. The molecule has 1 fully saturated rings. The van der Waals surface area contributed by atoms with Gasteiger partial charge in [0.05, 0.1) is 7.05 Å². The van der Waals surface area contributed by atoms with Crippen LogP contribution >= 0.6 is 0 Å². The monoisotopic (exact) mass is 356 g/mol. The van der Waals surface area contributed by atoms with Crippen molar-refractivity contribution in [3.05, 3.63) is 29.8 Å². The van der Waals surface area contributed by atoms with Crippen LogP contribution in [-0.4, -0.2) is 38.2 Å². The molecule has 3 amide bonds. The van der Waals surface area contributed by atoms with Crippen molar-refractivity contribution in [3.63, 3.8) is 0 Å². The second-order valence-corrected chi connectivity index (χ2v) is 6.34. The smallest absolute Gasteiger partial charge is 0.387 e. The molecule has 0 radical (unpaired) electrons. The number of imide groups is 1. The van der Waals surface area contributed by atoms with E-state index in [1.54, 1.807) is 12.1 Å². The summed E-state index contributed by atoms with van der Waals surface area (Å²) >= 11 is 0. The van der Waals surface area contributed by atoms with Gasteiger partial charge in [-0.15, -0.1) is 0 Å². The quantitative estimate of drug-likeness (QED) is 0.684. The summed E-state index contributed by atoms with van der Waals surface area (Å²) in [7, 11) is 1.82. The lowest BCUT2D eigenvalue weighted by Crippen LogP contribution is -3.09. The standard InChI is InChI=1S/C17H23F2N3O3/c1-22(10-12-6-8-14(9-7-12)25-16(18)19)11-15(23)21-17(24)20-13-4-2-3-5-13/h6-9,13,16H,2-5,10-11H2,1H3,(H2,20,21,23,24)/p+1. The van der Waals surface area contributed by atoms with E-state index in [9.17, 15) is 18.4 Å². The fourth-order valence-electron chi connectivity index (χ4n) is 2.94. The number of quaternary nitrogens is 1. The van der Waals surface area contributed by atoms with Crippen LogP contribution in [0.25, 0.3) is 0 Å². The topological polar surface area (TPSA) is 71.9 Å². The Morgan fingerprint density at radius 1 is 1.24 bits per heavy atom. The number of alkyl halides is 2. The van der Waals surface area contributed by atoms with Crippen LogP contribution in [-0.2, 0) is 11.3 Å². The van der Waals surface area contributed by atoms with E-state index in [1.807, 2.05) is 7.05 Å². The van der Waals surface area contributed by atoms with E-state index in [4.69, 9.17) is 0 Å². The van der Waals surface area contributed by atoms with Gasteiger partial charge in [-0.3, -0.25) is 10.1 Å². The molecule has 1 aromatic rings. The summed E-state index contributed by atoms with van der Waals surface area (Å²) < 4.78 is 28.5. The molecule has 0 aromatic heterocycles. The molecular formula is C17H24F2N3O3+. The maximum absolute atomic E-state index is 12.1. The Balaban J connectivity index is 1.72. The fourth-order valence-corrected chi connectivity index (χ4v) is 2.94. The molecule has 0 saturated heterocycles. The maximum atomic E-state index is 12.1. The van der Waals surface area contributed by atoms with Crippen molar-refractivity contribution in [2.24, 2.45) is 0 Å². The van der Waals surface area contributed by atoms with Crippen LogP contribution in [0.5, 0.6) is 5.75 Å². The highest BCUT2D eigenvalue weighted by Gasteiger charge is 2.19. The van der Waals surface area contributed by atoms with Gasteiger partial charge in [-0.25, -0.2) is 4.79 Å². The number of likely N-dealkylation sites (N-methyl/N-ethyl adjacent to an activating group) is 1. The van der Waals surface area contributed by atoms with Crippen molar-refractivity contribution < 1.29 is 28.0 Å². The minimum absolute atomic E-state index is 0.0951. The van der Waals surface area contributed by atoms with E-state index in [2.05, 4.69) is 15.4 Å². The number of hydrogen-bond donors (Lipinski definition) is 3. The van der Waals surface area contributed by atoms with E-state index >= 15 is 0 Å². The van der Waals surface area contributed by atoms with Crippen molar-refractivity contribution in [2.75, 3.05) is 13.6 Å². The molecule has 1 aromatic carbocycles. The Morgan fingerprint density at radius 2 is 1.88 bits per heavy atom. The van der Waals surface area contributed by atoms with Gasteiger partial charge >= 0.3 is 12.6 Å². The van der Waals surface area contributed by atoms with Crippen molar-refractivity contribution in [2.45, 2.75) is 44.9 Å². The number of halogens is 2. The van der Waals surface area contributed by atoms with E-state index in [0.29, 0.717) is 6.54 Å². The molecule has 138 valence electrons. The van der Waals surface area contributed by atoms with Crippen molar-refractivity contribution >= 4 is 11.9 Å². The minimum Gasteiger partial charge on any atom is -0.435 e. The zero-order valence-corrected chi connectivity index (χ0v) is 14.2. The zero-order chi connectivity index (χ0) is 18.2. The molecule has 1 aliphatic rings. The third kappa shape index (κ3) is 7.04. The number of rotatable bonds is 7. The number of carbonyl (C=O) groups excluding carboxylic acids is 2. The SMILES string of the molecule is C[NH+](CC(=O)NC(=O)NC1CCCC1)Cc1ccc(OC(F)F)cc1. The summed E-state index contributed by atoms with van der Waals surface area (Å²) in [5.41, 5.74) is 0.877. The Labute approximate surface area is 145 Å². The second kappa shape index (κ2) is 9.31. The Bertz CT molecular complexity index is 575. The summed E-state index contributed by atoms with van der Waals surface area (Å²) in [4.78, 5) is 24.5. The van der Waals surface area contributed by atoms with E-state index in [1.165, 1.54) is 12.1 Å². The number of nitrogens with one attached hydrogen (secondary N) is 3. The molecule has 6 nitrogen and oxygen atoms in total. The second-order valence-electron chi connectivity index (χ2n) is 6.34. The normalized spacial score (nSPS) is 15.8. The highest BCUT2D eigenvalue weighted by molar-refractivity contribution is 5.94. The number of urea groups is 1. The van der Waals surface area contributed by atoms with Crippen molar-refractivity contribution in [1.82, 2.24) is 10.6 Å². The average Bonchev–Trinajstić information content (AvgIpc) is 3.01. The lowest BCUT2D eigenvalue weighted by atomic mass is 10.2. The number of carbonyl (C=O) groups is 2. The zero-order valence-electron chi connectivity index (χ0n) is 14.2. The first-order valence-corrected chi connectivity index (χ1v) is 8.38. The summed E-state index contributed by atoms with van der Waals surface area (Å²) in [6.07, 6.45) is 4.12. The molecule has 1 atom stereocenters. The van der Waals surface area contributed by atoms with Gasteiger partial charge in [0, 0.05) is 11.6 Å². The maximum Gasteiger partial charge on any atom is 0.387 e. The summed E-state index contributed by atoms with van der Waals surface area (Å²) in [6, 6.07) is 5.98. The van der Waals surface area contributed by atoms with Gasteiger partial charge in [0.15, 0.2) is 6.54 Å². The van der Waals surface area contributed by atoms with Gasteiger partial charge in [0.1, 0.15) is 12.3 Å². The van der Waals surface area contributed by atoms with Crippen molar-refractivity contribution in [3.8, 4) is 5.75 Å². The fraction of sp³-hybridized carbons (Fsp3) is 0.529. The number of amides is 3. The Hall–Kier alpha value is -2.22. The molecule has 2 rings (SSSR count). The van der Waals surface area contributed by atoms with Crippen molar-refractivity contribution in [1.29, 1.82) is 0 Å². The molecule has 1 saturated carbocycles. The van der Waals surface area contributed by atoms with Gasteiger partial charge < -0.3 is 15.0 Å². The predicted molar refractivity (Wildman–Crippen MR) is 87.5 cm³/mol. The van der Waals surface area contributed by atoms with E-state index in [0.717, 1.165) is 36.1 Å². The van der Waals surface area contributed by atoms with Gasteiger partial charge in [-0.1, -0.05) is 12.8 Å². The molecular weight excluding hydrogens is 332 g/mol. The first-order chi connectivity index (χ1) is 11.9. The third-order valence-corrected chi connectivity index (χ3v) is 4.06. The molecule has 1 aliphatic carbocycles. The third-order valence-electron chi connectivity index (χ3n) is 4.06. The molecule has 0 aliphatic heterocycles. The number of ether oxygens (including phenoxy) is 1. The molecule has 0 spiro atoms. The van der Waals surface area contributed by atoms with Gasteiger partial charge in [0.25, 0.3) is 5.91 Å². The summed E-state index contributed by atoms with van der Waals surface area (Å²) in [5.74, 6) is -0.261. The average molecular weight is 356 g/mol. The van der Waals surface area contributed by atoms with E-state index in [-0.39, 0.29) is 24.2 Å². The van der Waals surface area contributed by atoms with Crippen LogP contribution in [0.4, 0.5) is 13.6 Å². The van der Waals surface area contributed by atoms with Crippen LogP contribution in [0.15, 0.2) is 24.3 Å². The highest BCUT2D eigenvalue weighted by atomic mass is 19.3. The summed E-state index contributed by atoms with van der Waals surface area (Å²) in [5, 5.41) is 5.14. The van der Waals surface area contributed by atoms with Crippen LogP contribution in [0, 0.1) is 0 Å². The molecule has 25 heavy (non-hydrogen) atoms. The summed E-state index contributed by atoms with van der Waals surface area (Å²) in [6.45, 7) is -2.20. The Morgan fingerprint density at radius 3 is 2.48 bits per heavy atom. The van der Waals surface area contributed by atoms with Gasteiger partial charge in [-0.2, -0.15) is 8.78 Å². The van der Waals surface area contributed by atoms with Crippen LogP contribution in [0.2, 0.25) is 0 Å². The molecule has 3 N–H and O–H groups in total. The van der Waals surface area contributed by atoms with Crippen LogP contribution in [0.3, 0.4) is 0 Å². The molecule has 0 bridgehead atoms. The predicted octanol–water partition coefficient (Wildman–Crippen LogP) is 1.07. The lowest BCUT2D eigenvalue weighted by molar-refractivity contribution is -0.885. The molecule has 8 heteroatoms. The Kier molecular flexibility index (Phi) is 7.12. The van der Waals surface area contributed by atoms with E-state index < -0.39 is 12.6 Å². The lowest BCUT2D eigenvalue weighted by Gasteiger charge is -2.15. The van der Waals surface area contributed by atoms with Crippen LogP contribution in [0.1, 0.15) is 31.2 Å².